The van der Waals surface area contributed by atoms with Crippen LogP contribution in [-0.4, -0.2) is 42.0 Å². The molecule has 0 bridgehead atoms. The van der Waals surface area contributed by atoms with E-state index in [2.05, 4.69) is 0 Å². The molecule has 0 fully saturated rings. The second-order valence-corrected chi connectivity index (χ2v) is 9.21. The number of carbonyl (C=O) groups excluding carboxylic acids is 3. The summed E-state index contributed by atoms with van der Waals surface area (Å²) in [5.41, 5.74) is 1.76. The number of ether oxygens (including phenoxy) is 2. The third-order valence-corrected chi connectivity index (χ3v) is 6.83. The van der Waals surface area contributed by atoms with Gasteiger partial charge in [-0.3, -0.25) is 4.79 Å². The molecule has 0 radical (unpaired) electrons. The minimum atomic E-state index is -1.04. The van der Waals surface area contributed by atoms with Gasteiger partial charge in [-0.05, 0) is 63.1 Å². The van der Waals surface area contributed by atoms with Gasteiger partial charge in [-0.1, -0.05) is 6.07 Å². The van der Waals surface area contributed by atoms with Crippen molar-refractivity contribution in [1.29, 1.82) is 5.26 Å². The predicted molar refractivity (Wildman–Crippen MR) is 139 cm³/mol. The molecule has 0 aliphatic rings. The number of ketones is 1. The molecule has 2 aromatic heterocycles. The van der Waals surface area contributed by atoms with Gasteiger partial charge < -0.3 is 19.0 Å². The molecular formula is C28H25NO8S. The summed E-state index contributed by atoms with van der Waals surface area (Å²) in [6, 6.07) is 9.72. The van der Waals surface area contributed by atoms with E-state index in [1.807, 2.05) is 6.07 Å². The van der Waals surface area contributed by atoms with E-state index in [1.165, 1.54) is 18.2 Å². The van der Waals surface area contributed by atoms with E-state index in [9.17, 15) is 24.4 Å². The van der Waals surface area contributed by atoms with Gasteiger partial charge >= 0.3 is 17.9 Å². The van der Waals surface area contributed by atoms with Gasteiger partial charge in [0.15, 0.2) is 5.78 Å². The molecule has 0 aliphatic carbocycles. The Morgan fingerprint density at radius 2 is 1.74 bits per heavy atom. The fourth-order valence-corrected chi connectivity index (χ4v) is 4.95. The summed E-state index contributed by atoms with van der Waals surface area (Å²) in [5.74, 6) is -2.21. The highest BCUT2D eigenvalue weighted by molar-refractivity contribution is 7.14. The number of nitriles is 1. The number of allylic oxidation sites excluding steroid dienone is 1. The molecule has 1 aromatic carbocycles. The molecule has 38 heavy (non-hydrogen) atoms. The lowest BCUT2D eigenvalue weighted by Crippen LogP contribution is -2.12. The quantitative estimate of drug-likeness (QED) is 0.205. The van der Waals surface area contributed by atoms with Crippen LogP contribution in [0.2, 0.25) is 0 Å². The predicted octanol–water partition coefficient (Wildman–Crippen LogP) is 5.40. The molecule has 0 aliphatic heterocycles. The van der Waals surface area contributed by atoms with Crippen LogP contribution in [0.15, 0.2) is 40.3 Å². The van der Waals surface area contributed by atoms with E-state index < -0.39 is 23.7 Å². The van der Waals surface area contributed by atoms with Crippen LogP contribution in [0, 0.1) is 25.2 Å². The molecule has 0 saturated heterocycles. The molecule has 196 valence electrons. The van der Waals surface area contributed by atoms with Gasteiger partial charge in [0.2, 0.25) is 0 Å². The Balaban J connectivity index is 1.91. The van der Waals surface area contributed by atoms with Crippen LogP contribution >= 0.6 is 11.3 Å². The van der Waals surface area contributed by atoms with Crippen molar-refractivity contribution >= 4 is 41.1 Å². The summed E-state index contributed by atoms with van der Waals surface area (Å²) in [6.45, 7) is 6.90. The number of rotatable bonds is 10. The zero-order valence-electron chi connectivity index (χ0n) is 21.2. The first-order chi connectivity index (χ1) is 18.1. The Morgan fingerprint density at radius 3 is 2.34 bits per heavy atom. The van der Waals surface area contributed by atoms with Crippen molar-refractivity contribution in [3.8, 4) is 17.4 Å². The summed E-state index contributed by atoms with van der Waals surface area (Å²) in [4.78, 5) is 49.7. The van der Waals surface area contributed by atoms with E-state index in [4.69, 9.17) is 19.0 Å². The molecule has 0 atom stereocenters. The average molecular weight is 536 g/mol. The Kier molecular flexibility index (Phi) is 8.99. The maximum Gasteiger partial charge on any atom is 0.348 e. The standard InChI is InChI=1S/C28H25NO8S/c1-5-35-27(33)24-16(4)25(28(34)36-6-2)38-23(24)13-21(30)18(14-29)12-19-8-10-22(37-19)20-9-7-17(26(31)32)11-15(20)3/h7-12H,5-6,13H2,1-4H3,(H,31,32). The van der Waals surface area contributed by atoms with Crippen molar-refractivity contribution in [2.24, 2.45) is 0 Å². The number of aromatic carboxylic acids is 1. The van der Waals surface area contributed by atoms with Crippen molar-refractivity contribution in [1.82, 2.24) is 0 Å². The average Bonchev–Trinajstić information content (AvgIpc) is 3.46. The van der Waals surface area contributed by atoms with Crippen LogP contribution in [0.25, 0.3) is 17.4 Å². The van der Waals surface area contributed by atoms with Gasteiger partial charge in [0.1, 0.15) is 22.5 Å². The highest BCUT2D eigenvalue weighted by Crippen LogP contribution is 2.32. The van der Waals surface area contributed by atoms with E-state index in [1.54, 1.807) is 45.9 Å². The molecular weight excluding hydrogens is 510 g/mol. The summed E-state index contributed by atoms with van der Waals surface area (Å²) < 4.78 is 16.0. The first-order valence-corrected chi connectivity index (χ1v) is 12.5. The third kappa shape index (κ3) is 6.07. The highest BCUT2D eigenvalue weighted by atomic mass is 32.1. The minimum Gasteiger partial charge on any atom is -0.478 e. The van der Waals surface area contributed by atoms with Crippen LogP contribution in [0.1, 0.15) is 66.0 Å². The van der Waals surface area contributed by atoms with Crippen LogP contribution in [-0.2, 0) is 20.7 Å². The van der Waals surface area contributed by atoms with Crippen molar-refractivity contribution in [3.63, 3.8) is 0 Å². The number of carboxylic acids is 1. The van der Waals surface area contributed by atoms with E-state index in [0.29, 0.717) is 27.3 Å². The summed E-state index contributed by atoms with van der Waals surface area (Å²) in [5, 5.41) is 18.8. The molecule has 2 heterocycles. The third-order valence-electron chi connectivity index (χ3n) is 5.55. The van der Waals surface area contributed by atoms with Crippen molar-refractivity contribution < 1.29 is 38.2 Å². The van der Waals surface area contributed by atoms with Crippen molar-refractivity contribution in [3.05, 3.63) is 73.7 Å². The minimum absolute atomic E-state index is 0.110. The Morgan fingerprint density at radius 1 is 1.05 bits per heavy atom. The summed E-state index contributed by atoms with van der Waals surface area (Å²) in [7, 11) is 0. The highest BCUT2D eigenvalue weighted by Gasteiger charge is 2.28. The molecule has 0 saturated carbocycles. The van der Waals surface area contributed by atoms with E-state index in [0.717, 1.165) is 11.3 Å². The number of Topliss-reactive ketones (excluding diaryl/α,β-unsaturated/α-hetero) is 1. The second-order valence-electron chi connectivity index (χ2n) is 8.10. The van der Waals surface area contributed by atoms with Crippen LogP contribution in [0.4, 0.5) is 0 Å². The van der Waals surface area contributed by atoms with E-state index >= 15 is 0 Å². The number of aryl methyl sites for hydroxylation is 1. The number of benzene rings is 1. The van der Waals surface area contributed by atoms with Crippen LogP contribution < -0.4 is 0 Å². The van der Waals surface area contributed by atoms with Gasteiger partial charge in [-0.2, -0.15) is 5.26 Å². The number of nitrogens with zero attached hydrogens (tertiary/aromatic N) is 1. The van der Waals surface area contributed by atoms with Gasteiger partial charge in [0.25, 0.3) is 0 Å². The van der Waals surface area contributed by atoms with Gasteiger partial charge in [-0.15, -0.1) is 11.3 Å². The van der Waals surface area contributed by atoms with Crippen LogP contribution in [0.3, 0.4) is 0 Å². The van der Waals surface area contributed by atoms with E-state index in [-0.39, 0.29) is 47.0 Å². The Hall–Kier alpha value is -4.49. The van der Waals surface area contributed by atoms with Gasteiger partial charge in [0, 0.05) is 22.9 Å². The first kappa shape index (κ1) is 28.1. The normalized spacial score (nSPS) is 11.1. The zero-order chi connectivity index (χ0) is 28.0. The molecule has 10 heteroatoms. The molecule has 3 rings (SSSR count). The lowest BCUT2D eigenvalue weighted by molar-refractivity contribution is -0.114. The lowest BCUT2D eigenvalue weighted by Gasteiger charge is -2.05. The zero-order valence-corrected chi connectivity index (χ0v) is 22.1. The maximum atomic E-state index is 13.1. The summed E-state index contributed by atoms with van der Waals surface area (Å²) in [6.07, 6.45) is 0.991. The number of esters is 2. The monoisotopic (exact) mass is 535 g/mol. The molecule has 0 amide bonds. The van der Waals surface area contributed by atoms with Gasteiger partial charge in [0.05, 0.1) is 29.9 Å². The van der Waals surface area contributed by atoms with Crippen molar-refractivity contribution in [2.45, 2.75) is 34.1 Å². The van der Waals surface area contributed by atoms with Crippen molar-refractivity contribution in [2.75, 3.05) is 13.2 Å². The first-order valence-electron chi connectivity index (χ1n) is 11.7. The number of carboxylic acid groups (broad SMARTS) is 1. The second kappa shape index (κ2) is 12.2. The molecule has 3 aromatic rings. The maximum absolute atomic E-state index is 13.1. The summed E-state index contributed by atoms with van der Waals surface area (Å²) >= 11 is 0.959. The molecule has 0 spiro atoms. The lowest BCUT2D eigenvalue weighted by atomic mass is 10.0. The number of hydrogen-bond acceptors (Lipinski definition) is 9. The number of hydrogen-bond donors (Lipinski definition) is 1. The fourth-order valence-electron chi connectivity index (χ4n) is 3.77. The van der Waals surface area contributed by atoms with Crippen LogP contribution in [0.5, 0.6) is 0 Å². The largest absolute Gasteiger partial charge is 0.478 e. The number of carbonyl (C=O) groups is 4. The SMILES string of the molecule is CCOC(=O)c1sc(CC(=O)C(C#N)=Cc2ccc(-c3ccc(C(=O)O)cc3C)o2)c(C(=O)OCC)c1C. The molecule has 0 unspecified atom stereocenters. The Labute approximate surface area is 222 Å². The molecule has 1 N–H and O–H groups in total. The van der Waals surface area contributed by atoms with Gasteiger partial charge in [-0.25, -0.2) is 14.4 Å². The number of thiophene rings is 1. The Bertz CT molecular complexity index is 1480. The molecule has 9 nitrogen and oxygen atoms in total. The number of furan rings is 1. The fraction of sp³-hybridized carbons (Fsp3) is 0.250. The smallest absolute Gasteiger partial charge is 0.348 e. The topological polar surface area (TPSA) is 144 Å².